The Labute approximate surface area is 55.7 Å². The minimum Gasteiger partial charge on any atom is -0.279 e. The summed E-state index contributed by atoms with van der Waals surface area (Å²) in [4.78, 5) is 0. The van der Waals surface area contributed by atoms with E-state index in [0.717, 1.165) is 6.54 Å². The molecule has 0 amide bonds. The summed E-state index contributed by atoms with van der Waals surface area (Å²) < 4.78 is 0. The molecule has 0 spiro atoms. The van der Waals surface area contributed by atoms with Crippen LogP contribution in [0.15, 0.2) is 10.3 Å². The Morgan fingerprint density at radius 1 is 1.56 bits per heavy atom. The zero-order valence-electron chi connectivity index (χ0n) is 6.04. The molecule has 0 aliphatic heterocycles. The van der Waals surface area contributed by atoms with Crippen LogP contribution in [0.5, 0.6) is 0 Å². The van der Waals surface area contributed by atoms with Gasteiger partial charge < -0.3 is 0 Å². The Bertz CT molecular complexity index is 107. The van der Waals surface area contributed by atoms with Crippen molar-refractivity contribution in [3.05, 3.63) is 0 Å². The first kappa shape index (κ1) is 6.52. The molecule has 0 heterocycles. The number of nitrogens with zero attached hydrogens (tertiary/aromatic N) is 3. The van der Waals surface area contributed by atoms with Crippen molar-refractivity contribution in [2.45, 2.75) is 25.8 Å². The van der Waals surface area contributed by atoms with E-state index in [1.54, 1.807) is 0 Å². The maximum Gasteiger partial charge on any atom is 0.0592 e. The van der Waals surface area contributed by atoms with E-state index in [4.69, 9.17) is 0 Å². The van der Waals surface area contributed by atoms with E-state index in [-0.39, 0.29) is 0 Å². The molecular weight excluding hydrogens is 114 g/mol. The highest BCUT2D eigenvalue weighted by Gasteiger charge is 2.25. The number of hydrogen-bond donors (Lipinski definition) is 0. The average Bonchev–Trinajstić information content (AvgIpc) is 2.63. The van der Waals surface area contributed by atoms with Gasteiger partial charge in [0.2, 0.25) is 0 Å². The topological polar surface area (TPSA) is 28.0 Å². The molecule has 0 saturated heterocycles. The van der Waals surface area contributed by atoms with Crippen LogP contribution in [-0.2, 0) is 0 Å². The molecule has 0 atom stereocenters. The lowest BCUT2D eigenvalue weighted by Gasteiger charge is -2.07. The van der Waals surface area contributed by atoms with Gasteiger partial charge in [-0.1, -0.05) is 5.22 Å². The van der Waals surface area contributed by atoms with E-state index < -0.39 is 0 Å². The van der Waals surface area contributed by atoms with E-state index in [1.165, 1.54) is 12.8 Å². The predicted molar refractivity (Wildman–Crippen MR) is 36.2 cm³/mol. The van der Waals surface area contributed by atoms with Gasteiger partial charge in [0, 0.05) is 13.1 Å². The van der Waals surface area contributed by atoms with Crippen LogP contribution in [0.4, 0.5) is 0 Å². The predicted octanol–water partition coefficient (Wildman–Crippen LogP) is 1.47. The minimum atomic E-state index is 0.695. The smallest absolute Gasteiger partial charge is 0.0592 e. The largest absolute Gasteiger partial charge is 0.279 e. The molecule has 3 heteroatoms. The first-order valence-electron chi connectivity index (χ1n) is 3.45. The molecule has 0 aromatic heterocycles. The van der Waals surface area contributed by atoms with Crippen LogP contribution in [0.2, 0.25) is 0 Å². The molecule has 52 valence electrons. The van der Waals surface area contributed by atoms with E-state index in [2.05, 4.69) is 10.3 Å². The van der Waals surface area contributed by atoms with Gasteiger partial charge in [-0.25, -0.2) is 0 Å². The maximum atomic E-state index is 3.96. The second-order valence-corrected chi connectivity index (χ2v) is 2.35. The summed E-state index contributed by atoms with van der Waals surface area (Å²) in [7, 11) is 1.98. The van der Waals surface area contributed by atoms with Gasteiger partial charge in [0.1, 0.15) is 0 Å². The number of rotatable bonds is 3. The Morgan fingerprint density at radius 3 is 2.67 bits per heavy atom. The molecule has 1 saturated carbocycles. The van der Waals surface area contributed by atoms with Gasteiger partial charge in [0.25, 0.3) is 0 Å². The zero-order valence-corrected chi connectivity index (χ0v) is 6.04. The highest BCUT2D eigenvalue weighted by Crippen LogP contribution is 2.25. The number of hydrogen-bond acceptors (Lipinski definition) is 2. The third-order valence-corrected chi connectivity index (χ3v) is 1.42. The van der Waals surface area contributed by atoms with Crippen LogP contribution in [0.25, 0.3) is 0 Å². The van der Waals surface area contributed by atoms with Crippen LogP contribution in [0.1, 0.15) is 19.8 Å². The summed E-state index contributed by atoms with van der Waals surface area (Å²) in [6, 6.07) is 0.695. The molecule has 1 aliphatic carbocycles. The average molecular weight is 127 g/mol. The monoisotopic (exact) mass is 127 g/mol. The van der Waals surface area contributed by atoms with E-state index >= 15 is 0 Å². The molecule has 3 nitrogen and oxygen atoms in total. The van der Waals surface area contributed by atoms with Crippen LogP contribution in [0.3, 0.4) is 0 Å². The minimum absolute atomic E-state index is 0.695. The van der Waals surface area contributed by atoms with Gasteiger partial charge in [0.15, 0.2) is 0 Å². The second-order valence-electron chi connectivity index (χ2n) is 2.35. The summed E-state index contributed by atoms with van der Waals surface area (Å²) in [6.45, 7) is 2.78. The van der Waals surface area contributed by atoms with E-state index in [0.29, 0.717) is 6.04 Å². The fourth-order valence-corrected chi connectivity index (χ4v) is 0.684. The molecule has 0 aromatic rings. The summed E-state index contributed by atoms with van der Waals surface area (Å²) in [5.74, 6) is 0. The van der Waals surface area contributed by atoms with Crippen molar-refractivity contribution in [3.63, 3.8) is 0 Å². The van der Waals surface area contributed by atoms with Crippen LogP contribution < -0.4 is 0 Å². The first-order chi connectivity index (χ1) is 4.34. The molecule has 0 unspecified atom stereocenters. The summed E-state index contributed by atoms with van der Waals surface area (Å²) in [5.41, 5.74) is 0. The molecule has 0 N–H and O–H groups in total. The summed E-state index contributed by atoms with van der Waals surface area (Å²) >= 11 is 0. The van der Waals surface area contributed by atoms with E-state index in [1.807, 2.05) is 19.0 Å². The van der Waals surface area contributed by atoms with E-state index in [9.17, 15) is 0 Å². The quantitative estimate of drug-likeness (QED) is 0.416. The lowest BCUT2D eigenvalue weighted by atomic mass is 10.7. The second kappa shape index (κ2) is 2.80. The third-order valence-electron chi connectivity index (χ3n) is 1.42. The van der Waals surface area contributed by atoms with Gasteiger partial charge >= 0.3 is 0 Å². The molecular formula is C6H13N3. The Hall–Kier alpha value is -0.600. The normalized spacial score (nSPS) is 18.9. The molecule has 9 heavy (non-hydrogen) atoms. The maximum absolute atomic E-state index is 3.96. The zero-order chi connectivity index (χ0) is 6.69. The lowest BCUT2D eigenvalue weighted by molar-refractivity contribution is 0.316. The highest BCUT2D eigenvalue weighted by molar-refractivity contribution is 4.79. The molecule has 1 aliphatic rings. The van der Waals surface area contributed by atoms with Gasteiger partial charge in [-0.05, 0) is 19.8 Å². The standard InChI is InChI=1S/C6H13N3/c1-3-7-8-9(2)6-4-5-6/h6H,3-5H2,1-2H3/b8-7-. The Kier molecular flexibility index (Phi) is 2.03. The van der Waals surface area contributed by atoms with Crippen LogP contribution >= 0.6 is 0 Å². The third kappa shape index (κ3) is 2.00. The highest BCUT2D eigenvalue weighted by atomic mass is 15.5. The van der Waals surface area contributed by atoms with Crippen molar-refractivity contribution in [2.75, 3.05) is 13.6 Å². The van der Waals surface area contributed by atoms with Crippen LogP contribution in [0, 0.1) is 0 Å². The Morgan fingerprint density at radius 2 is 2.22 bits per heavy atom. The molecule has 0 aromatic carbocycles. The van der Waals surface area contributed by atoms with Crippen molar-refractivity contribution in [2.24, 2.45) is 10.3 Å². The summed E-state index contributed by atoms with van der Waals surface area (Å²) in [6.07, 6.45) is 2.58. The fourth-order valence-electron chi connectivity index (χ4n) is 0.684. The Balaban J connectivity index is 2.16. The van der Waals surface area contributed by atoms with Crippen LogP contribution in [-0.4, -0.2) is 24.6 Å². The lowest BCUT2D eigenvalue weighted by Crippen LogP contribution is -2.11. The van der Waals surface area contributed by atoms with Gasteiger partial charge in [-0.15, -0.1) is 0 Å². The molecule has 1 rings (SSSR count). The van der Waals surface area contributed by atoms with Gasteiger partial charge in [-0.2, -0.15) is 5.11 Å². The molecule has 1 fully saturated rings. The molecule has 0 radical (unpaired) electrons. The van der Waals surface area contributed by atoms with Crippen molar-refractivity contribution >= 4 is 0 Å². The SMILES string of the molecule is CC/N=N\N(C)C1CC1. The fraction of sp³-hybridized carbons (Fsp3) is 1.00. The first-order valence-corrected chi connectivity index (χ1v) is 3.45. The summed E-state index contributed by atoms with van der Waals surface area (Å²) in [5, 5.41) is 9.79. The van der Waals surface area contributed by atoms with Crippen molar-refractivity contribution in [3.8, 4) is 0 Å². The van der Waals surface area contributed by atoms with Gasteiger partial charge in [0.05, 0.1) is 6.54 Å². The van der Waals surface area contributed by atoms with Crippen molar-refractivity contribution < 1.29 is 0 Å². The van der Waals surface area contributed by atoms with Gasteiger partial charge in [-0.3, -0.25) is 5.01 Å². The van der Waals surface area contributed by atoms with Crippen molar-refractivity contribution in [1.82, 2.24) is 5.01 Å². The molecule has 0 bridgehead atoms. The van der Waals surface area contributed by atoms with Crippen molar-refractivity contribution in [1.29, 1.82) is 0 Å².